The van der Waals surface area contributed by atoms with Crippen molar-refractivity contribution in [2.45, 2.75) is 13.5 Å². The van der Waals surface area contributed by atoms with Crippen LogP contribution >= 0.6 is 0 Å². The molecule has 0 aliphatic carbocycles. The normalized spacial score (nSPS) is 13.9. The Labute approximate surface area is 169 Å². The zero-order chi connectivity index (χ0) is 21.0. The summed E-state index contributed by atoms with van der Waals surface area (Å²) in [6.45, 7) is 3.62. The van der Waals surface area contributed by atoms with Gasteiger partial charge in [-0.1, -0.05) is 12.1 Å². The topological polar surface area (TPSA) is 81.1 Å². The van der Waals surface area contributed by atoms with E-state index >= 15 is 0 Å². The molecule has 2 aromatic rings. The van der Waals surface area contributed by atoms with Crippen LogP contribution in [0.3, 0.4) is 0 Å². The Morgan fingerprint density at radius 2 is 1.76 bits per heavy atom. The van der Waals surface area contributed by atoms with Gasteiger partial charge in [-0.2, -0.15) is 0 Å². The van der Waals surface area contributed by atoms with E-state index in [1.165, 1.54) is 19.2 Å². The maximum atomic E-state index is 12.8. The summed E-state index contributed by atoms with van der Waals surface area (Å²) < 4.78 is 12.4. The van der Waals surface area contributed by atoms with Gasteiger partial charge in [0.05, 0.1) is 13.3 Å². The molecule has 0 radical (unpaired) electrons. The van der Waals surface area contributed by atoms with E-state index in [1.54, 1.807) is 28.5 Å². The maximum absolute atomic E-state index is 12.8. The molecule has 3 rings (SSSR count). The minimum atomic E-state index is -0.350. The van der Waals surface area contributed by atoms with Crippen molar-refractivity contribution in [3.05, 3.63) is 58.0 Å². The predicted molar refractivity (Wildman–Crippen MR) is 107 cm³/mol. The van der Waals surface area contributed by atoms with E-state index in [0.29, 0.717) is 37.6 Å². The number of methoxy groups -OCH3 is 1. The van der Waals surface area contributed by atoms with Gasteiger partial charge in [0.25, 0.3) is 5.91 Å². The van der Waals surface area contributed by atoms with Crippen molar-refractivity contribution in [2.75, 3.05) is 33.3 Å². The van der Waals surface area contributed by atoms with E-state index in [9.17, 15) is 14.4 Å². The summed E-state index contributed by atoms with van der Waals surface area (Å²) in [5.74, 6) is 0.660. The Hall–Kier alpha value is -3.29. The fraction of sp³-hybridized carbons (Fsp3) is 0.381. The quantitative estimate of drug-likeness (QED) is 0.757. The second-order valence-electron chi connectivity index (χ2n) is 6.94. The lowest BCUT2D eigenvalue weighted by Gasteiger charge is -2.34. The molecule has 1 aliphatic heterocycles. The van der Waals surface area contributed by atoms with Crippen molar-refractivity contribution < 1.29 is 19.1 Å². The molecule has 0 unspecified atom stereocenters. The first-order valence-electron chi connectivity index (χ1n) is 9.40. The number of piperazine rings is 1. The van der Waals surface area contributed by atoms with Crippen LogP contribution in [0.5, 0.6) is 11.5 Å². The van der Waals surface area contributed by atoms with Crippen LogP contribution in [0.25, 0.3) is 0 Å². The van der Waals surface area contributed by atoms with Crippen LogP contribution in [0.1, 0.15) is 23.0 Å². The number of aryl methyl sites for hydroxylation is 1. The average molecular weight is 399 g/mol. The minimum absolute atomic E-state index is 0.00189. The number of carbonyl (C=O) groups excluding carboxylic acids is 2. The highest BCUT2D eigenvalue weighted by molar-refractivity contribution is 5.92. The minimum Gasteiger partial charge on any atom is -0.497 e. The molecule has 1 aromatic heterocycles. The molecule has 1 aliphatic rings. The maximum Gasteiger partial charge on any atom is 0.270 e. The largest absolute Gasteiger partial charge is 0.497 e. The summed E-state index contributed by atoms with van der Waals surface area (Å²) in [6, 6.07) is 8.71. The van der Waals surface area contributed by atoms with Crippen molar-refractivity contribution in [2.24, 2.45) is 7.05 Å². The Morgan fingerprint density at radius 1 is 1.07 bits per heavy atom. The number of ether oxygens (including phenoxy) is 2. The lowest BCUT2D eigenvalue weighted by Crippen LogP contribution is -2.50. The van der Waals surface area contributed by atoms with Gasteiger partial charge < -0.3 is 23.8 Å². The van der Waals surface area contributed by atoms with Crippen molar-refractivity contribution in [3.8, 4) is 11.5 Å². The molecule has 0 atom stereocenters. The number of rotatable bonds is 5. The molecule has 0 saturated carbocycles. The van der Waals surface area contributed by atoms with Crippen LogP contribution in [0, 0.1) is 0 Å². The standard InChI is InChI=1S/C21H25N3O5/c1-15(25)23-7-9-24(10-8-23)21(27)18-12-19(26)20(13-22(18)2)29-14-16-5-4-6-17(11-16)28-3/h4-6,11-13H,7-10,14H2,1-3H3. The predicted octanol–water partition coefficient (Wildman–Crippen LogP) is 1.28. The van der Waals surface area contributed by atoms with Crippen LogP contribution in [0.4, 0.5) is 0 Å². The van der Waals surface area contributed by atoms with Gasteiger partial charge in [0.1, 0.15) is 18.1 Å². The average Bonchev–Trinajstić information content (AvgIpc) is 2.73. The smallest absolute Gasteiger partial charge is 0.270 e. The molecule has 0 bridgehead atoms. The van der Waals surface area contributed by atoms with Crippen LogP contribution in [-0.4, -0.2) is 59.5 Å². The third kappa shape index (κ3) is 4.77. The second kappa shape index (κ2) is 8.81. The summed E-state index contributed by atoms with van der Waals surface area (Å²) in [6.07, 6.45) is 1.53. The van der Waals surface area contributed by atoms with Gasteiger partial charge in [0, 0.05) is 46.2 Å². The summed E-state index contributed by atoms with van der Waals surface area (Å²) in [4.78, 5) is 40.1. The molecule has 2 amide bonds. The van der Waals surface area contributed by atoms with Gasteiger partial charge in [-0.05, 0) is 17.7 Å². The molecule has 1 fully saturated rings. The van der Waals surface area contributed by atoms with Crippen LogP contribution in [0.2, 0.25) is 0 Å². The molecule has 0 N–H and O–H groups in total. The molecule has 29 heavy (non-hydrogen) atoms. The van der Waals surface area contributed by atoms with E-state index in [1.807, 2.05) is 24.3 Å². The van der Waals surface area contributed by atoms with Crippen LogP contribution in [0.15, 0.2) is 41.3 Å². The van der Waals surface area contributed by atoms with Gasteiger partial charge in [0.15, 0.2) is 5.75 Å². The highest BCUT2D eigenvalue weighted by atomic mass is 16.5. The van der Waals surface area contributed by atoms with Crippen LogP contribution < -0.4 is 14.9 Å². The number of aromatic nitrogens is 1. The van der Waals surface area contributed by atoms with Crippen molar-refractivity contribution >= 4 is 11.8 Å². The summed E-state index contributed by atoms with van der Waals surface area (Å²) in [7, 11) is 3.29. The zero-order valence-electron chi connectivity index (χ0n) is 16.9. The number of carbonyl (C=O) groups is 2. The van der Waals surface area contributed by atoms with Crippen LogP contribution in [-0.2, 0) is 18.4 Å². The fourth-order valence-corrected chi connectivity index (χ4v) is 3.24. The molecule has 1 saturated heterocycles. The van der Waals surface area contributed by atoms with E-state index in [2.05, 4.69) is 0 Å². The molecule has 0 spiro atoms. The second-order valence-corrected chi connectivity index (χ2v) is 6.94. The third-order valence-electron chi connectivity index (χ3n) is 4.96. The molecule has 1 aromatic carbocycles. The Morgan fingerprint density at radius 3 is 2.41 bits per heavy atom. The number of nitrogens with zero attached hydrogens (tertiary/aromatic N) is 3. The SMILES string of the molecule is COc1cccc(COc2cn(C)c(C(=O)N3CCN(C(C)=O)CC3)cc2=O)c1. The van der Waals surface area contributed by atoms with E-state index in [-0.39, 0.29) is 29.6 Å². The van der Waals surface area contributed by atoms with Gasteiger partial charge >= 0.3 is 0 Å². The first-order chi connectivity index (χ1) is 13.9. The Bertz CT molecular complexity index is 961. The van der Waals surface area contributed by atoms with Gasteiger partial charge in [-0.15, -0.1) is 0 Å². The zero-order valence-corrected chi connectivity index (χ0v) is 16.9. The monoisotopic (exact) mass is 399 g/mol. The van der Waals surface area contributed by atoms with Crippen molar-refractivity contribution in [1.82, 2.24) is 14.4 Å². The number of hydrogen-bond donors (Lipinski definition) is 0. The fourth-order valence-electron chi connectivity index (χ4n) is 3.24. The molecule has 2 heterocycles. The molecule has 8 nitrogen and oxygen atoms in total. The van der Waals surface area contributed by atoms with Crippen molar-refractivity contribution in [1.29, 1.82) is 0 Å². The number of pyridine rings is 1. The molecule has 8 heteroatoms. The van der Waals surface area contributed by atoms with E-state index in [4.69, 9.17) is 9.47 Å². The first kappa shape index (κ1) is 20.4. The number of benzene rings is 1. The van der Waals surface area contributed by atoms with Gasteiger partial charge in [-0.25, -0.2) is 0 Å². The summed E-state index contributed by atoms with van der Waals surface area (Å²) >= 11 is 0. The lowest BCUT2D eigenvalue weighted by molar-refractivity contribution is -0.130. The highest BCUT2D eigenvalue weighted by Crippen LogP contribution is 2.15. The summed E-state index contributed by atoms with van der Waals surface area (Å²) in [5, 5.41) is 0. The van der Waals surface area contributed by atoms with Crippen molar-refractivity contribution in [3.63, 3.8) is 0 Å². The highest BCUT2D eigenvalue weighted by Gasteiger charge is 2.25. The van der Waals surface area contributed by atoms with Gasteiger partial charge in [-0.3, -0.25) is 14.4 Å². The molecular weight excluding hydrogens is 374 g/mol. The van der Waals surface area contributed by atoms with E-state index < -0.39 is 0 Å². The third-order valence-corrected chi connectivity index (χ3v) is 4.96. The summed E-state index contributed by atoms with van der Waals surface area (Å²) in [5.41, 5.74) is 0.812. The number of amides is 2. The van der Waals surface area contributed by atoms with Gasteiger partial charge in [0.2, 0.25) is 11.3 Å². The Kier molecular flexibility index (Phi) is 6.21. The molecular formula is C21H25N3O5. The number of hydrogen-bond acceptors (Lipinski definition) is 5. The first-order valence-corrected chi connectivity index (χ1v) is 9.40. The lowest BCUT2D eigenvalue weighted by atomic mass is 10.2. The van der Waals surface area contributed by atoms with E-state index in [0.717, 1.165) is 5.56 Å². The molecule has 154 valence electrons. The Balaban J connectivity index is 1.69.